The van der Waals surface area contributed by atoms with E-state index in [2.05, 4.69) is 4.99 Å². The van der Waals surface area contributed by atoms with Gasteiger partial charge in [0.05, 0.1) is 5.69 Å². The number of para-hydroxylation sites is 1. The minimum Gasteiger partial charge on any atom is -0.296 e. The van der Waals surface area contributed by atoms with Crippen LogP contribution >= 0.6 is 23.8 Å². The van der Waals surface area contributed by atoms with Crippen LogP contribution in [0.15, 0.2) is 35.3 Å². The van der Waals surface area contributed by atoms with Crippen LogP contribution in [-0.2, 0) is 14.1 Å². The first-order valence-electron chi connectivity index (χ1n) is 4.51. The van der Waals surface area contributed by atoms with E-state index >= 15 is 0 Å². The van der Waals surface area contributed by atoms with Crippen molar-refractivity contribution in [1.29, 1.82) is 0 Å². The van der Waals surface area contributed by atoms with Gasteiger partial charge >= 0.3 is 0 Å². The molecule has 0 saturated carbocycles. The van der Waals surface area contributed by atoms with Gasteiger partial charge in [0.15, 0.2) is 3.95 Å². The zero-order valence-corrected chi connectivity index (χ0v) is 10.2. The summed E-state index contributed by atoms with van der Waals surface area (Å²) in [7, 11) is 3.89. The van der Waals surface area contributed by atoms with E-state index in [1.165, 1.54) is 11.5 Å². The lowest BCUT2D eigenvalue weighted by atomic mass is 10.3. The molecule has 1 aromatic heterocycles. The molecule has 0 bridgehead atoms. The summed E-state index contributed by atoms with van der Waals surface area (Å²) in [5.41, 5.74) is 1.81. The van der Waals surface area contributed by atoms with Gasteiger partial charge in [-0.25, -0.2) is 4.99 Å². The molecule has 15 heavy (non-hydrogen) atoms. The first-order valence-corrected chi connectivity index (χ1v) is 5.70. The highest BCUT2D eigenvalue weighted by molar-refractivity contribution is 7.73. The van der Waals surface area contributed by atoms with Crippen LogP contribution in [0.5, 0.6) is 0 Å². The van der Waals surface area contributed by atoms with Crippen molar-refractivity contribution in [3.63, 3.8) is 0 Å². The molecular weight excluding hydrogens is 226 g/mol. The van der Waals surface area contributed by atoms with Crippen molar-refractivity contribution in [3.05, 3.63) is 39.9 Å². The zero-order valence-electron chi connectivity index (χ0n) is 8.54. The Kier molecular flexibility index (Phi) is 2.83. The Labute approximate surface area is 97.1 Å². The minimum atomic E-state index is 0.826. The summed E-state index contributed by atoms with van der Waals surface area (Å²) in [6.07, 6.45) is 0. The molecule has 0 N–H and O–H groups in total. The molecule has 78 valence electrons. The summed E-state index contributed by atoms with van der Waals surface area (Å²) in [5, 5.41) is 0. The third kappa shape index (κ3) is 2.08. The molecule has 0 unspecified atom stereocenters. The van der Waals surface area contributed by atoms with Gasteiger partial charge in [-0.1, -0.05) is 18.2 Å². The van der Waals surface area contributed by atoms with Crippen molar-refractivity contribution in [2.24, 2.45) is 19.1 Å². The van der Waals surface area contributed by atoms with Gasteiger partial charge in [0.2, 0.25) is 5.62 Å². The van der Waals surface area contributed by atoms with E-state index in [0.29, 0.717) is 0 Å². The maximum atomic E-state index is 5.18. The Balaban J connectivity index is 2.64. The summed E-state index contributed by atoms with van der Waals surface area (Å²) in [5.74, 6) is 0. The molecule has 0 spiro atoms. The fourth-order valence-corrected chi connectivity index (χ4v) is 2.38. The van der Waals surface area contributed by atoms with Crippen molar-refractivity contribution >= 4 is 29.4 Å². The lowest BCUT2D eigenvalue weighted by Gasteiger charge is -1.94. The maximum absolute atomic E-state index is 5.18. The summed E-state index contributed by atoms with van der Waals surface area (Å²) in [4.78, 5) is 4.53. The lowest BCUT2D eigenvalue weighted by Crippen LogP contribution is -2.20. The minimum absolute atomic E-state index is 0.826. The van der Waals surface area contributed by atoms with Gasteiger partial charge in [-0.15, -0.1) is 0 Å². The Hall–Kier alpha value is -1.20. The van der Waals surface area contributed by atoms with Crippen molar-refractivity contribution in [2.45, 2.75) is 0 Å². The molecule has 0 aliphatic rings. The fourth-order valence-electron chi connectivity index (χ4n) is 1.28. The Morgan fingerprint density at radius 2 is 1.87 bits per heavy atom. The molecule has 0 aliphatic heterocycles. The normalized spacial score (nSPS) is 12.0. The van der Waals surface area contributed by atoms with Crippen molar-refractivity contribution < 1.29 is 0 Å². The van der Waals surface area contributed by atoms with Crippen LogP contribution in [0.3, 0.4) is 0 Å². The second-order valence-electron chi connectivity index (χ2n) is 3.16. The van der Waals surface area contributed by atoms with E-state index in [-0.39, 0.29) is 0 Å². The first kappa shape index (κ1) is 10.3. The van der Waals surface area contributed by atoms with Crippen LogP contribution < -0.4 is 5.62 Å². The molecule has 1 aromatic carbocycles. The molecule has 0 amide bonds. The van der Waals surface area contributed by atoms with Gasteiger partial charge in [0.1, 0.15) is 0 Å². The van der Waals surface area contributed by atoms with Crippen LogP contribution in [0.1, 0.15) is 0 Å². The highest BCUT2D eigenvalue weighted by Gasteiger charge is 1.97. The number of benzene rings is 1. The van der Waals surface area contributed by atoms with E-state index in [1.807, 2.05) is 53.0 Å². The molecule has 0 radical (unpaired) electrons. The van der Waals surface area contributed by atoms with Gasteiger partial charge in [-0.05, 0) is 35.9 Å². The predicted octanol–water partition coefficient (Wildman–Crippen LogP) is 2.39. The molecule has 1 heterocycles. The van der Waals surface area contributed by atoms with Crippen LogP contribution in [0, 0.1) is 3.95 Å². The molecule has 2 aromatic rings. The number of hydrogen-bond donors (Lipinski definition) is 0. The summed E-state index contributed by atoms with van der Waals surface area (Å²) < 4.78 is 4.70. The summed E-state index contributed by atoms with van der Waals surface area (Å²) in [6.45, 7) is 0. The highest BCUT2D eigenvalue weighted by Crippen LogP contribution is 2.08. The SMILES string of the molecule is Cn1sc(=S)n(C)c1=Nc1ccccc1. The topological polar surface area (TPSA) is 22.2 Å². The van der Waals surface area contributed by atoms with Gasteiger partial charge in [0, 0.05) is 14.1 Å². The number of nitrogens with zero attached hydrogens (tertiary/aromatic N) is 3. The monoisotopic (exact) mass is 237 g/mol. The average Bonchev–Trinajstić information content (AvgIpc) is 2.47. The lowest BCUT2D eigenvalue weighted by molar-refractivity contribution is 0.756. The number of hydrogen-bond acceptors (Lipinski definition) is 3. The molecular formula is C10H11N3S2. The molecule has 3 nitrogen and oxygen atoms in total. The third-order valence-corrected chi connectivity index (χ3v) is 3.42. The first-order chi connectivity index (χ1) is 7.18. The van der Waals surface area contributed by atoms with Crippen LogP contribution in [0.25, 0.3) is 0 Å². The molecule has 2 rings (SSSR count). The van der Waals surface area contributed by atoms with Crippen molar-refractivity contribution in [3.8, 4) is 0 Å². The second-order valence-corrected chi connectivity index (χ2v) is 4.92. The number of rotatable bonds is 1. The molecule has 0 saturated heterocycles. The molecule has 0 fully saturated rings. The zero-order chi connectivity index (χ0) is 10.8. The van der Waals surface area contributed by atoms with Crippen LogP contribution in [-0.4, -0.2) is 8.52 Å². The van der Waals surface area contributed by atoms with Gasteiger partial charge < -0.3 is 0 Å². The Morgan fingerprint density at radius 3 is 2.40 bits per heavy atom. The van der Waals surface area contributed by atoms with Crippen LogP contribution in [0.4, 0.5) is 5.69 Å². The fraction of sp³-hybridized carbons (Fsp3) is 0.200. The summed E-state index contributed by atoms with van der Waals surface area (Å²) >= 11 is 6.69. The van der Waals surface area contributed by atoms with E-state index in [4.69, 9.17) is 12.2 Å². The smallest absolute Gasteiger partial charge is 0.220 e. The quantitative estimate of drug-likeness (QED) is 0.698. The average molecular weight is 237 g/mol. The van der Waals surface area contributed by atoms with E-state index in [9.17, 15) is 0 Å². The van der Waals surface area contributed by atoms with Gasteiger partial charge in [-0.2, -0.15) is 0 Å². The Bertz CT molecular complexity index is 575. The highest BCUT2D eigenvalue weighted by atomic mass is 32.2. The largest absolute Gasteiger partial charge is 0.296 e. The standard InChI is InChI=1S/C10H11N3S2/c1-12-9(13(2)15-10(12)14)11-8-6-4-3-5-7-8/h3-7H,1-2H3. The Morgan fingerprint density at radius 1 is 1.20 bits per heavy atom. The van der Waals surface area contributed by atoms with E-state index in [0.717, 1.165) is 15.3 Å². The van der Waals surface area contributed by atoms with Crippen molar-refractivity contribution in [2.75, 3.05) is 0 Å². The second kappa shape index (κ2) is 4.12. The summed E-state index contributed by atoms with van der Waals surface area (Å²) in [6, 6.07) is 9.87. The van der Waals surface area contributed by atoms with E-state index in [1.54, 1.807) is 0 Å². The van der Waals surface area contributed by atoms with Gasteiger partial charge in [-0.3, -0.25) is 8.52 Å². The molecule has 5 heteroatoms. The van der Waals surface area contributed by atoms with Gasteiger partial charge in [0.25, 0.3) is 0 Å². The number of aryl methyl sites for hydroxylation is 1. The predicted molar refractivity (Wildman–Crippen MR) is 64.8 cm³/mol. The molecule has 0 atom stereocenters. The van der Waals surface area contributed by atoms with Crippen LogP contribution in [0.2, 0.25) is 0 Å². The van der Waals surface area contributed by atoms with Crippen molar-refractivity contribution in [1.82, 2.24) is 8.52 Å². The maximum Gasteiger partial charge on any atom is 0.220 e. The van der Waals surface area contributed by atoms with E-state index < -0.39 is 0 Å². The number of aromatic nitrogens is 2. The third-order valence-electron chi connectivity index (χ3n) is 2.06. The molecule has 0 aliphatic carbocycles.